The minimum Gasteiger partial charge on any atom is -0.462 e. The molecule has 0 fully saturated rings. The molecule has 5 nitrogen and oxygen atoms in total. The molecule has 14 heavy (non-hydrogen) atoms. The average Bonchev–Trinajstić information content (AvgIpc) is 2.50. The molecule has 1 rings (SSSR count). The normalized spacial score (nSPS) is 10.6. The summed E-state index contributed by atoms with van der Waals surface area (Å²) in [5.74, 6) is -0.304. The van der Waals surface area contributed by atoms with Crippen LogP contribution >= 0.6 is 0 Å². The Hall–Kier alpha value is -1.36. The monoisotopic (exact) mass is 198 g/mol. The van der Waals surface area contributed by atoms with E-state index in [0.29, 0.717) is 5.69 Å². The number of hydrogen-bond donors (Lipinski definition) is 1. The van der Waals surface area contributed by atoms with Crippen molar-refractivity contribution in [3.8, 4) is 0 Å². The van der Waals surface area contributed by atoms with Crippen LogP contribution < -0.4 is 0 Å². The molecule has 78 valence electrons. The molecule has 5 heteroatoms. The molecular formula is C9H14N2O3. The number of carbonyl (C=O) groups is 1. The zero-order valence-electron chi connectivity index (χ0n) is 8.30. The van der Waals surface area contributed by atoms with E-state index in [-0.39, 0.29) is 25.2 Å². The fourth-order valence-electron chi connectivity index (χ4n) is 1.02. The number of esters is 1. The van der Waals surface area contributed by atoms with Gasteiger partial charge in [0.2, 0.25) is 0 Å². The van der Waals surface area contributed by atoms with Gasteiger partial charge < -0.3 is 14.4 Å². The van der Waals surface area contributed by atoms with Crippen LogP contribution in [0.5, 0.6) is 0 Å². The Morgan fingerprint density at radius 2 is 2.43 bits per heavy atom. The third-order valence-electron chi connectivity index (χ3n) is 1.53. The fraction of sp³-hybridized carbons (Fsp3) is 0.556. The average molecular weight is 198 g/mol. The molecule has 1 N–H and O–H groups in total. The van der Waals surface area contributed by atoms with Gasteiger partial charge in [-0.15, -0.1) is 0 Å². The van der Waals surface area contributed by atoms with Crippen molar-refractivity contribution in [1.29, 1.82) is 0 Å². The Bertz CT molecular complexity index is 307. The van der Waals surface area contributed by atoms with E-state index in [1.807, 2.05) is 0 Å². The van der Waals surface area contributed by atoms with Gasteiger partial charge in [-0.2, -0.15) is 0 Å². The minimum atomic E-state index is -0.304. The standard InChI is InChI=1S/C9H14N2O3/c1-7(2)14-9(13)4-11-3-8(5-12)10-6-11/h3,6-7,12H,4-5H2,1-2H3. The lowest BCUT2D eigenvalue weighted by atomic mass is 10.5. The molecule has 1 heterocycles. The van der Waals surface area contributed by atoms with Crippen LogP contribution in [0.25, 0.3) is 0 Å². The molecule has 0 radical (unpaired) electrons. The van der Waals surface area contributed by atoms with Crippen LogP contribution in [0.4, 0.5) is 0 Å². The highest BCUT2D eigenvalue weighted by molar-refractivity contribution is 5.69. The summed E-state index contributed by atoms with van der Waals surface area (Å²) in [6, 6.07) is 0. The highest BCUT2D eigenvalue weighted by atomic mass is 16.5. The maximum Gasteiger partial charge on any atom is 0.326 e. The Kier molecular flexibility index (Phi) is 3.64. The second kappa shape index (κ2) is 4.76. The molecule has 0 saturated heterocycles. The molecule has 0 aliphatic heterocycles. The van der Waals surface area contributed by atoms with Crippen molar-refractivity contribution in [1.82, 2.24) is 9.55 Å². The zero-order valence-corrected chi connectivity index (χ0v) is 8.30. The number of ether oxygens (including phenoxy) is 1. The Balaban J connectivity index is 2.47. The molecule has 1 aromatic rings. The largest absolute Gasteiger partial charge is 0.462 e. The highest BCUT2D eigenvalue weighted by Crippen LogP contribution is 1.97. The maximum atomic E-state index is 11.2. The molecule has 0 spiro atoms. The van der Waals surface area contributed by atoms with E-state index in [0.717, 1.165) is 0 Å². The Morgan fingerprint density at radius 1 is 1.71 bits per heavy atom. The van der Waals surface area contributed by atoms with Crippen LogP contribution in [-0.2, 0) is 22.7 Å². The van der Waals surface area contributed by atoms with Crippen LogP contribution in [0.3, 0.4) is 0 Å². The van der Waals surface area contributed by atoms with Crippen molar-refractivity contribution < 1.29 is 14.6 Å². The lowest BCUT2D eigenvalue weighted by Gasteiger charge is -2.07. The second-order valence-electron chi connectivity index (χ2n) is 3.23. The van der Waals surface area contributed by atoms with Gasteiger partial charge in [-0.1, -0.05) is 0 Å². The van der Waals surface area contributed by atoms with E-state index in [1.54, 1.807) is 24.6 Å². The molecular weight excluding hydrogens is 184 g/mol. The zero-order chi connectivity index (χ0) is 10.6. The van der Waals surface area contributed by atoms with Gasteiger partial charge in [-0.25, -0.2) is 4.98 Å². The van der Waals surface area contributed by atoms with Gasteiger partial charge in [-0.05, 0) is 13.8 Å². The van der Waals surface area contributed by atoms with E-state index in [1.165, 1.54) is 6.33 Å². The van der Waals surface area contributed by atoms with Gasteiger partial charge in [0, 0.05) is 6.20 Å². The second-order valence-corrected chi connectivity index (χ2v) is 3.23. The van der Waals surface area contributed by atoms with Crippen LogP contribution in [0.2, 0.25) is 0 Å². The predicted molar refractivity (Wildman–Crippen MR) is 49.4 cm³/mol. The summed E-state index contributed by atoms with van der Waals surface area (Å²) >= 11 is 0. The number of aromatic nitrogens is 2. The third kappa shape index (κ3) is 3.18. The molecule has 0 aromatic carbocycles. The summed E-state index contributed by atoms with van der Waals surface area (Å²) in [4.78, 5) is 15.1. The first-order valence-electron chi connectivity index (χ1n) is 4.43. The number of aliphatic hydroxyl groups is 1. The summed E-state index contributed by atoms with van der Waals surface area (Å²) in [5.41, 5.74) is 0.544. The first-order valence-corrected chi connectivity index (χ1v) is 4.43. The highest BCUT2D eigenvalue weighted by Gasteiger charge is 2.06. The molecule has 0 bridgehead atoms. The van der Waals surface area contributed by atoms with Crippen LogP contribution in [0.1, 0.15) is 19.5 Å². The van der Waals surface area contributed by atoms with E-state index < -0.39 is 0 Å². The lowest BCUT2D eigenvalue weighted by Crippen LogP contribution is -2.16. The number of aliphatic hydroxyl groups excluding tert-OH is 1. The number of hydrogen-bond acceptors (Lipinski definition) is 4. The molecule has 0 saturated carbocycles. The Labute approximate surface area is 82.3 Å². The predicted octanol–water partition coefficient (Wildman–Crippen LogP) is 0.327. The maximum absolute atomic E-state index is 11.2. The van der Waals surface area contributed by atoms with Gasteiger partial charge in [0.15, 0.2) is 0 Å². The smallest absolute Gasteiger partial charge is 0.326 e. The van der Waals surface area contributed by atoms with Crippen LogP contribution in [0.15, 0.2) is 12.5 Å². The minimum absolute atomic E-state index is 0.108. The summed E-state index contributed by atoms with van der Waals surface area (Å²) in [6.45, 7) is 3.60. The molecule has 0 aliphatic carbocycles. The number of rotatable bonds is 4. The van der Waals surface area contributed by atoms with Gasteiger partial charge in [0.05, 0.1) is 24.7 Å². The summed E-state index contributed by atoms with van der Waals surface area (Å²) in [6.07, 6.45) is 3.00. The van der Waals surface area contributed by atoms with Gasteiger partial charge in [0.25, 0.3) is 0 Å². The van der Waals surface area contributed by atoms with Crippen molar-refractivity contribution in [2.24, 2.45) is 0 Å². The molecule has 0 amide bonds. The molecule has 0 unspecified atom stereocenters. The van der Waals surface area contributed by atoms with Crippen molar-refractivity contribution in [3.63, 3.8) is 0 Å². The topological polar surface area (TPSA) is 64.4 Å². The van der Waals surface area contributed by atoms with E-state index in [9.17, 15) is 4.79 Å². The van der Waals surface area contributed by atoms with Gasteiger partial charge in [-0.3, -0.25) is 4.79 Å². The van der Waals surface area contributed by atoms with Crippen molar-refractivity contribution >= 4 is 5.97 Å². The van der Waals surface area contributed by atoms with Crippen molar-refractivity contribution in [3.05, 3.63) is 18.2 Å². The Morgan fingerprint density at radius 3 is 2.93 bits per heavy atom. The van der Waals surface area contributed by atoms with Gasteiger partial charge in [0.1, 0.15) is 6.54 Å². The van der Waals surface area contributed by atoms with Crippen LogP contribution in [-0.4, -0.2) is 26.7 Å². The van der Waals surface area contributed by atoms with E-state index in [2.05, 4.69) is 4.98 Å². The van der Waals surface area contributed by atoms with Gasteiger partial charge >= 0.3 is 5.97 Å². The fourth-order valence-corrected chi connectivity index (χ4v) is 1.02. The van der Waals surface area contributed by atoms with Crippen molar-refractivity contribution in [2.75, 3.05) is 0 Å². The SMILES string of the molecule is CC(C)OC(=O)Cn1cnc(CO)c1. The van der Waals surface area contributed by atoms with Crippen molar-refractivity contribution in [2.45, 2.75) is 33.1 Å². The van der Waals surface area contributed by atoms with E-state index in [4.69, 9.17) is 9.84 Å². The molecule has 0 aliphatic rings. The number of carbonyl (C=O) groups excluding carboxylic acids is 1. The summed E-state index contributed by atoms with van der Waals surface area (Å²) < 4.78 is 6.53. The van der Waals surface area contributed by atoms with Crippen LogP contribution in [0, 0.1) is 0 Å². The quantitative estimate of drug-likeness (QED) is 0.708. The molecule has 0 atom stereocenters. The lowest BCUT2D eigenvalue weighted by molar-refractivity contribution is -0.148. The number of nitrogens with zero attached hydrogens (tertiary/aromatic N) is 2. The third-order valence-corrected chi connectivity index (χ3v) is 1.53. The summed E-state index contributed by atoms with van der Waals surface area (Å²) in [5, 5.41) is 8.74. The van der Waals surface area contributed by atoms with E-state index >= 15 is 0 Å². The summed E-state index contributed by atoms with van der Waals surface area (Å²) in [7, 11) is 0. The first kappa shape index (κ1) is 10.7. The first-order chi connectivity index (χ1) is 6.61. The number of imidazole rings is 1. The molecule has 1 aromatic heterocycles.